The molecule has 3 rings (SSSR count). The quantitative estimate of drug-likeness (QED) is 0.947. The number of hydrogen-bond donors (Lipinski definition) is 1. The molecule has 1 fully saturated rings. The van der Waals surface area contributed by atoms with Crippen molar-refractivity contribution in [1.29, 1.82) is 0 Å². The van der Waals surface area contributed by atoms with Gasteiger partial charge in [-0.15, -0.1) is 0 Å². The van der Waals surface area contributed by atoms with Crippen molar-refractivity contribution >= 4 is 17.5 Å². The predicted octanol–water partition coefficient (Wildman–Crippen LogP) is 2.58. The maximum Gasteiger partial charge on any atom is 0.253 e. The molecule has 1 N–H and O–H groups in total. The first-order valence-corrected chi connectivity index (χ1v) is 7.62. The molecule has 1 aliphatic heterocycles. The number of rotatable bonds is 3. The second-order valence-electron chi connectivity index (χ2n) is 5.55. The molecule has 0 unspecified atom stereocenters. The zero-order valence-corrected chi connectivity index (χ0v) is 12.8. The standard InChI is InChI=1S/C17H17ClN2O2/c18-15-3-1-13(2-4-15)17(22)20-9-14(11-21)16(10-20)12-5-7-19-8-6-12/h1-8,14,16,21H,9-11H2/t14-,16-/m0/s1. The van der Waals surface area contributed by atoms with Gasteiger partial charge in [-0.25, -0.2) is 0 Å². The molecule has 0 radical (unpaired) electrons. The number of benzene rings is 1. The summed E-state index contributed by atoms with van der Waals surface area (Å²) >= 11 is 5.86. The lowest BCUT2D eigenvalue weighted by molar-refractivity contribution is 0.0781. The zero-order chi connectivity index (χ0) is 15.5. The minimum atomic E-state index is -0.0216. The zero-order valence-electron chi connectivity index (χ0n) is 12.0. The Morgan fingerprint density at radius 2 is 1.86 bits per heavy atom. The van der Waals surface area contributed by atoms with Gasteiger partial charge in [0.1, 0.15) is 0 Å². The lowest BCUT2D eigenvalue weighted by atomic mass is 9.90. The fourth-order valence-electron chi connectivity index (χ4n) is 2.99. The van der Waals surface area contributed by atoms with Gasteiger partial charge in [0.2, 0.25) is 0 Å². The lowest BCUT2D eigenvalue weighted by Crippen LogP contribution is -2.29. The van der Waals surface area contributed by atoms with Gasteiger partial charge in [-0.3, -0.25) is 9.78 Å². The molecule has 5 heteroatoms. The number of aromatic nitrogens is 1. The topological polar surface area (TPSA) is 53.4 Å². The number of amides is 1. The van der Waals surface area contributed by atoms with Crippen LogP contribution >= 0.6 is 11.6 Å². The molecule has 1 amide bonds. The highest BCUT2D eigenvalue weighted by Gasteiger charge is 2.35. The van der Waals surface area contributed by atoms with Crippen molar-refractivity contribution in [2.24, 2.45) is 5.92 Å². The number of hydrogen-bond acceptors (Lipinski definition) is 3. The van der Waals surface area contributed by atoms with Crippen molar-refractivity contribution in [3.63, 3.8) is 0 Å². The molecule has 1 aromatic carbocycles. The minimum Gasteiger partial charge on any atom is -0.396 e. The largest absolute Gasteiger partial charge is 0.396 e. The molecule has 0 saturated carbocycles. The number of aliphatic hydroxyl groups is 1. The van der Waals surface area contributed by atoms with Crippen LogP contribution in [-0.2, 0) is 0 Å². The summed E-state index contributed by atoms with van der Waals surface area (Å²) in [4.78, 5) is 18.4. The molecule has 1 aliphatic rings. The Kier molecular flexibility index (Phi) is 4.41. The fourth-order valence-corrected chi connectivity index (χ4v) is 3.11. The van der Waals surface area contributed by atoms with Crippen LogP contribution in [0.4, 0.5) is 0 Å². The van der Waals surface area contributed by atoms with Crippen LogP contribution in [0.1, 0.15) is 21.8 Å². The first-order valence-electron chi connectivity index (χ1n) is 7.24. The molecule has 0 aliphatic carbocycles. The summed E-state index contributed by atoms with van der Waals surface area (Å²) in [5, 5.41) is 10.2. The van der Waals surface area contributed by atoms with E-state index in [2.05, 4.69) is 4.98 Å². The van der Waals surface area contributed by atoms with Crippen LogP contribution in [0.5, 0.6) is 0 Å². The molecule has 4 nitrogen and oxygen atoms in total. The third-order valence-corrected chi connectivity index (χ3v) is 4.44. The van der Waals surface area contributed by atoms with Gasteiger partial charge in [-0.1, -0.05) is 11.6 Å². The van der Waals surface area contributed by atoms with Gasteiger partial charge in [-0.2, -0.15) is 0 Å². The first-order chi connectivity index (χ1) is 10.7. The van der Waals surface area contributed by atoms with Crippen LogP contribution in [0.2, 0.25) is 5.02 Å². The van der Waals surface area contributed by atoms with Gasteiger partial charge in [-0.05, 0) is 42.0 Å². The summed E-state index contributed by atoms with van der Waals surface area (Å²) in [7, 11) is 0. The minimum absolute atomic E-state index is 0.0216. The van der Waals surface area contributed by atoms with Crippen LogP contribution in [-0.4, -0.2) is 40.6 Å². The van der Waals surface area contributed by atoms with E-state index >= 15 is 0 Å². The summed E-state index contributed by atoms with van der Waals surface area (Å²) < 4.78 is 0. The van der Waals surface area contributed by atoms with Crippen LogP contribution in [0.15, 0.2) is 48.8 Å². The normalized spacial score (nSPS) is 21.1. The number of nitrogens with zero attached hydrogens (tertiary/aromatic N) is 2. The smallest absolute Gasteiger partial charge is 0.253 e. The second-order valence-corrected chi connectivity index (χ2v) is 5.98. The van der Waals surface area contributed by atoms with Gasteiger partial charge in [0.25, 0.3) is 5.91 Å². The lowest BCUT2D eigenvalue weighted by Gasteiger charge is -2.16. The second kappa shape index (κ2) is 6.46. The van der Waals surface area contributed by atoms with Crippen molar-refractivity contribution in [3.8, 4) is 0 Å². The summed E-state index contributed by atoms with van der Waals surface area (Å²) in [6, 6.07) is 10.8. The van der Waals surface area contributed by atoms with Crippen molar-refractivity contribution in [2.75, 3.05) is 19.7 Å². The number of carbonyl (C=O) groups is 1. The highest BCUT2D eigenvalue weighted by molar-refractivity contribution is 6.30. The average molecular weight is 317 g/mol. The van der Waals surface area contributed by atoms with E-state index in [4.69, 9.17) is 11.6 Å². The van der Waals surface area contributed by atoms with Gasteiger partial charge in [0, 0.05) is 54.5 Å². The number of halogens is 1. The van der Waals surface area contributed by atoms with E-state index in [-0.39, 0.29) is 24.3 Å². The van der Waals surface area contributed by atoms with E-state index in [1.165, 1.54) is 0 Å². The molecule has 22 heavy (non-hydrogen) atoms. The number of likely N-dealkylation sites (tertiary alicyclic amines) is 1. The fraction of sp³-hybridized carbons (Fsp3) is 0.294. The van der Waals surface area contributed by atoms with Crippen molar-refractivity contribution in [1.82, 2.24) is 9.88 Å². The van der Waals surface area contributed by atoms with Gasteiger partial charge in [0.15, 0.2) is 0 Å². The maximum absolute atomic E-state index is 12.6. The summed E-state index contributed by atoms with van der Waals surface area (Å²) in [5.41, 5.74) is 1.73. The van der Waals surface area contributed by atoms with E-state index in [0.717, 1.165) is 5.56 Å². The summed E-state index contributed by atoms with van der Waals surface area (Å²) in [6.07, 6.45) is 3.49. The van der Waals surface area contributed by atoms with Crippen LogP contribution < -0.4 is 0 Å². The highest BCUT2D eigenvalue weighted by atomic mass is 35.5. The molecular weight excluding hydrogens is 300 g/mol. The Balaban J connectivity index is 1.79. The van der Waals surface area contributed by atoms with E-state index < -0.39 is 0 Å². The van der Waals surface area contributed by atoms with Crippen LogP contribution in [0, 0.1) is 5.92 Å². The van der Waals surface area contributed by atoms with Gasteiger partial charge < -0.3 is 10.0 Å². The van der Waals surface area contributed by atoms with Crippen LogP contribution in [0.3, 0.4) is 0 Å². The Hall–Kier alpha value is -1.91. The van der Waals surface area contributed by atoms with E-state index in [1.54, 1.807) is 41.6 Å². The van der Waals surface area contributed by atoms with E-state index in [9.17, 15) is 9.90 Å². The molecule has 114 valence electrons. The molecule has 2 aromatic rings. The molecule has 2 heterocycles. The Morgan fingerprint density at radius 3 is 2.50 bits per heavy atom. The van der Waals surface area contributed by atoms with Crippen molar-refractivity contribution < 1.29 is 9.90 Å². The summed E-state index contributed by atoms with van der Waals surface area (Å²) in [6.45, 7) is 1.24. The third-order valence-electron chi connectivity index (χ3n) is 4.19. The molecule has 0 spiro atoms. The monoisotopic (exact) mass is 316 g/mol. The molecule has 0 bridgehead atoms. The maximum atomic E-state index is 12.6. The Bertz CT molecular complexity index is 645. The molecule has 1 aromatic heterocycles. The Morgan fingerprint density at radius 1 is 1.18 bits per heavy atom. The molecular formula is C17H17ClN2O2. The molecule has 1 saturated heterocycles. The SMILES string of the molecule is O=C(c1ccc(Cl)cc1)N1C[C@@H](CO)[C@H](c2ccncc2)C1. The third kappa shape index (κ3) is 2.98. The van der Waals surface area contributed by atoms with Gasteiger partial charge >= 0.3 is 0 Å². The average Bonchev–Trinajstić information content (AvgIpc) is 3.00. The Labute approximate surface area is 134 Å². The number of carbonyl (C=O) groups excluding carboxylic acids is 1. The predicted molar refractivity (Wildman–Crippen MR) is 84.9 cm³/mol. The van der Waals surface area contributed by atoms with Crippen molar-refractivity contribution in [2.45, 2.75) is 5.92 Å². The number of pyridine rings is 1. The highest BCUT2D eigenvalue weighted by Crippen LogP contribution is 2.33. The van der Waals surface area contributed by atoms with E-state index in [1.807, 2.05) is 12.1 Å². The first kappa shape index (κ1) is 15.0. The van der Waals surface area contributed by atoms with E-state index in [0.29, 0.717) is 23.7 Å². The van der Waals surface area contributed by atoms with Crippen molar-refractivity contribution in [3.05, 3.63) is 64.9 Å². The summed E-state index contributed by atoms with van der Waals surface area (Å²) in [5.74, 6) is 0.176. The number of aliphatic hydroxyl groups excluding tert-OH is 1. The van der Waals surface area contributed by atoms with Gasteiger partial charge in [0.05, 0.1) is 0 Å². The molecule has 2 atom stereocenters. The van der Waals surface area contributed by atoms with Crippen LogP contribution in [0.25, 0.3) is 0 Å².